The van der Waals surface area contributed by atoms with Gasteiger partial charge in [0.1, 0.15) is 16.9 Å². The molecule has 0 aliphatic heterocycles. The lowest BCUT2D eigenvalue weighted by atomic mass is 10.1. The van der Waals surface area contributed by atoms with Crippen LogP contribution in [-0.4, -0.2) is 14.5 Å². The first kappa shape index (κ1) is 23.1. The van der Waals surface area contributed by atoms with Crippen LogP contribution in [0.15, 0.2) is 132 Å². The van der Waals surface area contributed by atoms with Gasteiger partial charge in [-0.05, 0) is 48.5 Å². The summed E-state index contributed by atoms with van der Waals surface area (Å²) >= 11 is 1.83. The highest BCUT2D eigenvalue weighted by Gasteiger charge is 2.23. The number of thiophene rings is 1. The molecule has 0 saturated carbocycles. The number of furan rings is 1. The van der Waals surface area contributed by atoms with E-state index in [-0.39, 0.29) is 0 Å². The van der Waals surface area contributed by atoms with Crippen LogP contribution in [0.3, 0.4) is 0 Å². The number of hydrogen-bond acceptors (Lipinski definition) is 4. The fourth-order valence-electron chi connectivity index (χ4n) is 6.68. The monoisotopic (exact) mass is 567 g/mol. The fraction of sp³-hybridized carbons (Fsp3) is 0. The Kier molecular flexibility index (Phi) is 4.57. The van der Waals surface area contributed by atoms with Crippen molar-refractivity contribution in [1.29, 1.82) is 0 Å². The Morgan fingerprint density at radius 2 is 1.23 bits per heavy atom. The van der Waals surface area contributed by atoms with Crippen LogP contribution in [0.2, 0.25) is 0 Å². The van der Waals surface area contributed by atoms with Crippen LogP contribution in [0.5, 0.6) is 0 Å². The molecule has 0 unspecified atom stereocenters. The third-order valence-electron chi connectivity index (χ3n) is 8.59. The maximum absolute atomic E-state index is 6.51. The topological polar surface area (TPSA) is 43.9 Å². The number of nitrogens with zero attached hydrogens (tertiary/aromatic N) is 3. The number of hydrogen-bond donors (Lipinski definition) is 0. The largest absolute Gasteiger partial charge is 0.455 e. The molecular formula is C38H21N3OS. The predicted molar refractivity (Wildman–Crippen MR) is 179 cm³/mol. The number of rotatable bonds is 2. The SMILES string of the molecule is c1ccc2nc(-n3c4ccccc4c4cc5c(cc43)sc3ccccc35)c(-c3cccc4c3oc3ccccc34)nc2c1. The van der Waals surface area contributed by atoms with Crippen LogP contribution >= 0.6 is 11.3 Å². The van der Waals surface area contributed by atoms with Crippen molar-refractivity contribution in [2.45, 2.75) is 0 Å². The maximum atomic E-state index is 6.51. The number of aromatic nitrogens is 3. The zero-order valence-corrected chi connectivity index (χ0v) is 23.6. The van der Waals surface area contributed by atoms with Gasteiger partial charge in [-0.1, -0.05) is 78.9 Å². The zero-order chi connectivity index (χ0) is 28.1. The van der Waals surface area contributed by atoms with Gasteiger partial charge >= 0.3 is 0 Å². The summed E-state index contributed by atoms with van der Waals surface area (Å²) in [6.07, 6.45) is 0. The molecule has 0 amide bonds. The highest BCUT2D eigenvalue weighted by molar-refractivity contribution is 7.25. The van der Waals surface area contributed by atoms with Gasteiger partial charge in [0.05, 0.1) is 22.1 Å². The molecule has 0 fully saturated rings. The van der Waals surface area contributed by atoms with Crippen molar-refractivity contribution < 1.29 is 4.42 Å². The second-order valence-electron chi connectivity index (χ2n) is 11.0. The lowest BCUT2D eigenvalue weighted by Crippen LogP contribution is -2.03. The molecule has 43 heavy (non-hydrogen) atoms. The molecule has 0 spiro atoms. The van der Waals surface area contributed by atoms with Gasteiger partial charge in [0.2, 0.25) is 0 Å². The Morgan fingerprint density at radius 3 is 2.14 bits per heavy atom. The Hall–Kier alpha value is -5.52. The zero-order valence-electron chi connectivity index (χ0n) is 22.8. The third-order valence-corrected chi connectivity index (χ3v) is 9.73. The fourth-order valence-corrected chi connectivity index (χ4v) is 7.80. The van der Waals surface area contributed by atoms with Crippen LogP contribution in [0.1, 0.15) is 0 Å². The summed E-state index contributed by atoms with van der Waals surface area (Å²) in [6, 6.07) is 44.6. The summed E-state index contributed by atoms with van der Waals surface area (Å²) < 4.78 is 11.4. The van der Waals surface area contributed by atoms with Gasteiger partial charge < -0.3 is 4.42 Å². The van der Waals surface area contributed by atoms with Crippen LogP contribution in [-0.2, 0) is 0 Å². The van der Waals surface area contributed by atoms with Crippen LogP contribution < -0.4 is 0 Å². The van der Waals surface area contributed by atoms with Gasteiger partial charge in [-0.25, -0.2) is 9.97 Å². The van der Waals surface area contributed by atoms with Crippen LogP contribution in [0, 0.1) is 0 Å². The molecule has 200 valence electrons. The predicted octanol–water partition coefficient (Wildman–Crippen LogP) is 10.7. The van der Waals surface area contributed by atoms with Crippen LogP contribution in [0.25, 0.3) is 92.0 Å². The molecule has 0 N–H and O–H groups in total. The van der Waals surface area contributed by atoms with E-state index in [1.54, 1.807) is 0 Å². The maximum Gasteiger partial charge on any atom is 0.165 e. The molecule has 0 aliphatic rings. The van der Waals surface area contributed by atoms with Crippen molar-refractivity contribution in [2.75, 3.05) is 0 Å². The molecule has 0 aliphatic carbocycles. The molecule has 10 rings (SSSR count). The lowest BCUT2D eigenvalue weighted by molar-refractivity contribution is 0.669. The second-order valence-corrected chi connectivity index (χ2v) is 12.1. The number of benzene rings is 6. The molecule has 4 nitrogen and oxygen atoms in total. The van der Waals surface area contributed by atoms with Gasteiger partial charge in [0, 0.05) is 47.3 Å². The average Bonchev–Trinajstić information content (AvgIpc) is 3.72. The first-order valence-corrected chi connectivity index (χ1v) is 15.2. The minimum absolute atomic E-state index is 0.790. The molecule has 10 aromatic rings. The van der Waals surface area contributed by atoms with Crippen molar-refractivity contribution in [3.63, 3.8) is 0 Å². The first-order valence-electron chi connectivity index (χ1n) is 14.3. The summed E-state index contributed by atoms with van der Waals surface area (Å²) in [5, 5.41) is 7.14. The molecule has 5 heteroatoms. The van der Waals surface area contributed by atoms with Crippen molar-refractivity contribution >= 4 is 86.3 Å². The Balaban J connectivity index is 1.37. The van der Waals surface area contributed by atoms with E-state index < -0.39 is 0 Å². The summed E-state index contributed by atoms with van der Waals surface area (Å²) in [4.78, 5) is 10.6. The first-order chi connectivity index (χ1) is 21.3. The number of para-hydroxylation sites is 5. The summed E-state index contributed by atoms with van der Waals surface area (Å²) in [5.74, 6) is 0.790. The molecule has 0 saturated heterocycles. The van der Waals surface area contributed by atoms with Gasteiger partial charge in [-0.2, -0.15) is 0 Å². The summed E-state index contributed by atoms with van der Waals surface area (Å²) in [6.45, 7) is 0. The van der Waals surface area contributed by atoms with Crippen LogP contribution in [0.4, 0.5) is 0 Å². The minimum Gasteiger partial charge on any atom is -0.455 e. The molecule has 0 radical (unpaired) electrons. The van der Waals surface area contributed by atoms with Gasteiger partial charge in [0.15, 0.2) is 5.82 Å². The van der Waals surface area contributed by atoms with E-state index in [9.17, 15) is 0 Å². The van der Waals surface area contributed by atoms with Gasteiger partial charge in [0.25, 0.3) is 0 Å². The standard InChI is InChI=1S/C38H21N3OS/c1-6-17-31-22(10-1)27-20-28-24-12-3-8-19-34(24)43-35(28)21-32(27)41(31)38-36(39-29-15-4-5-16-30(29)40-38)26-14-9-13-25-23-11-2-7-18-33(23)42-37(25)26/h1-21H. The molecule has 6 aromatic carbocycles. The normalized spacial score (nSPS) is 12.2. The number of fused-ring (bicyclic) bond motifs is 10. The highest BCUT2D eigenvalue weighted by atomic mass is 32.1. The average molecular weight is 568 g/mol. The third kappa shape index (κ3) is 3.20. The smallest absolute Gasteiger partial charge is 0.165 e. The van der Waals surface area contributed by atoms with Crippen molar-refractivity contribution in [2.24, 2.45) is 0 Å². The van der Waals surface area contributed by atoms with Crippen molar-refractivity contribution in [3.05, 3.63) is 127 Å². The second kappa shape index (κ2) is 8.51. The molecule has 0 bridgehead atoms. The Labute approximate surface area is 249 Å². The minimum atomic E-state index is 0.790. The van der Waals surface area contributed by atoms with E-state index in [1.165, 1.54) is 30.9 Å². The molecular weight excluding hydrogens is 547 g/mol. The quantitative estimate of drug-likeness (QED) is 0.209. The van der Waals surface area contributed by atoms with E-state index in [2.05, 4.69) is 95.6 Å². The van der Waals surface area contributed by atoms with E-state index in [0.717, 1.165) is 61.1 Å². The highest BCUT2D eigenvalue weighted by Crippen LogP contribution is 2.43. The summed E-state index contributed by atoms with van der Waals surface area (Å²) in [5.41, 5.74) is 7.32. The van der Waals surface area contributed by atoms with Crippen molar-refractivity contribution in [1.82, 2.24) is 14.5 Å². The molecule has 4 heterocycles. The summed E-state index contributed by atoms with van der Waals surface area (Å²) in [7, 11) is 0. The molecule has 0 atom stereocenters. The Bertz CT molecular complexity index is 2750. The van der Waals surface area contributed by atoms with Gasteiger partial charge in [-0.15, -0.1) is 11.3 Å². The van der Waals surface area contributed by atoms with E-state index in [4.69, 9.17) is 14.4 Å². The van der Waals surface area contributed by atoms with E-state index in [1.807, 2.05) is 47.7 Å². The molecule has 4 aromatic heterocycles. The lowest BCUT2D eigenvalue weighted by Gasteiger charge is -2.14. The van der Waals surface area contributed by atoms with Gasteiger partial charge in [-0.3, -0.25) is 4.57 Å². The Morgan fingerprint density at radius 1 is 0.512 bits per heavy atom. The van der Waals surface area contributed by atoms with Crippen molar-refractivity contribution in [3.8, 4) is 17.1 Å². The van der Waals surface area contributed by atoms with E-state index >= 15 is 0 Å². The van der Waals surface area contributed by atoms with E-state index in [0.29, 0.717) is 0 Å².